The van der Waals surface area contributed by atoms with Gasteiger partial charge in [-0.05, 0) is 11.6 Å². The fraction of sp³-hybridized carbons (Fsp3) is 0.250. The molecule has 2 heterocycles. The van der Waals surface area contributed by atoms with Gasteiger partial charge in [-0.25, -0.2) is 0 Å². The van der Waals surface area contributed by atoms with Crippen LogP contribution in [0.2, 0.25) is 0 Å². The van der Waals surface area contributed by atoms with Crippen LogP contribution >= 0.6 is 0 Å². The van der Waals surface area contributed by atoms with Crippen LogP contribution in [0.3, 0.4) is 0 Å². The van der Waals surface area contributed by atoms with Gasteiger partial charge in [0.25, 0.3) is 0 Å². The Balaban J connectivity index is 2.29. The first-order valence-electron chi connectivity index (χ1n) is 3.74. The van der Waals surface area contributed by atoms with E-state index in [1.807, 2.05) is 6.08 Å². The van der Waals surface area contributed by atoms with Gasteiger partial charge in [-0.3, -0.25) is 9.79 Å². The maximum Gasteiger partial charge on any atom is 0.246 e. The Morgan fingerprint density at radius 3 is 3.25 bits per heavy atom. The number of nitrogens with one attached hydrogen (secondary N) is 1. The van der Waals surface area contributed by atoms with Crippen LogP contribution in [0.4, 0.5) is 0 Å². The number of carbonyl (C=O) groups excluding carboxylic acids is 1. The van der Waals surface area contributed by atoms with Gasteiger partial charge in [0.05, 0.1) is 12.2 Å². The van der Waals surface area contributed by atoms with Crippen molar-refractivity contribution in [2.75, 3.05) is 13.1 Å². The number of amides is 1. The molecule has 0 bridgehead atoms. The maximum atomic E-state index is 10.8. The number of hydrogen-bond donors (Lipinski definition) is 2. The zero-order chi connectivity index (χ0) is 8.55. The van der Waals surface area contributed by atoms with Crippen LogP contribution in [-0.4, -0.2) is 25.2 Å². The normalized spacial score (nSPS) is 20.2. The molecule has 2 aliphatic heterocycles. The standard InChI is InChI=1S/C8H9N3O/c9-8(12)6-1-5-2-10-4-7(5)11-3-6/h1,4,11H,2-3H2,(H2,9,12). The number of carbonyl (C=O) groups is 1. The Morgan fingerprint density at radius 2 is 2.50 bits per heavy atom. The Morgan fingerprint density at radius 1 is 1.67 bits per heavy atom. The van der Waals surface area contributed by atoms with Gasteiger partial charge in [0.2, 0.25) is 5.91 Å². The summed E-state index contributed by atoms with van der Waals surface area (Å²) in [5, 5.41) is 3.07. The number of dihydropyridines is 1. The van der Waals surface area contributed by atoms with Crippen molar-refractivity contribution < 1.29 is 4.79 Å². The highest BCUT2D eigenvalue weighted by atomic mass is 16.1. The van der Waals surface area contributed by atoms with E-state index >= 15 is 0 Å². The molecule has 1 amide bonds. The van der Waals surface area contributed by atoms with Gasteiger partial charge in [-0.15, -0.1) is 0 Å². The molecule has 0 unspecified atom stereocenters. The highest BCUT2D eigenvalue weighted by Crippen LogP contribution is 2.15. The number of nitrogens with zero attached hydrogens (tertiary/aromatic N) is 1. The smallest absolute Gasteiger partial charge is 0.246 e. The molecule has 0 fully saturated rings. The summed E-state index contributed by atoms with van der Waals surface area (Å²) >= 11 is 0. The Hall–Kier alpha value is -1.58. The largest absolute Gasteiger partial charge is 0.379 e. The van der Waals surface area contributed by atoms with Crippen LogP contribution in [-0.2, 0) is 4.79 Å². The highest BCUT2D eigenvalue weighted by molar-refractivity contribution is 5.95. The number of primary amides is 1. The molecule has 0 saturated carbocycles. The van der Waals surface area contributed by atoms with E-state index < -0.39 is 0 Å². The van der Waals surface area contributed by atoms with E-state index in [4.69, 9.17) is 5.73 Å². The molecule has 62 valence electrons. The first-order valence-corrected chi connectivity index (χ1v) is 3.74. The fourth-order valence-corrected chi connectivity index (χ4v) is 1.30. The molecule has 0 aromatic rings. The summed E-state index contributed by atoms with van der Waals surface area (Å²) in [4.78, 5) is 14.9. The van der Waals surface area contributed by atoms with Gasteiger partial charge >= 0.3 is 0 Å². The molecule has 0 spiro atoms. The molecule has 3 N–H and O–H groups in total. The summed E-state index contributed by atoms with van der Waals surface area (Å²) in [6, 6.07) is 0. The zero-order valence-corrected chi connectivity index (χ0v) is 6.50. The molecule has 4 nitrogen and oxygen atoms in total. The first kappa shape index (κ1) is 7.09. The minimum Gasteiger partial charge on any atom is -0.379 e. The lowest BCUT2D eigenvalue weighted by Crippen LogP contribution is -2.28. The van der Waals surface area contributed by atoms with E-state index in [2.05, 4.69) is 10.3 Å². The van der Waals surface area contributed by atoms with Crippen molar-refractivity contribution in [2.45, 2.75) is 0 Å². The van der Waals surface area contributed by atoms with Gasteiger partial charge in [-0.2, -0.15) is 0 Å². The molecule has 0 aromatic heterocycles. The van der Waals surface area contributed by atoms with Gasteiger partial charge in [0.1, 0.15) is 0 Å². The molecule has 0 radical (unpaired) electrons. The third-order valence-electron chi connectivity index (χ3n) is 1.96. The van der Waals surface area contributed by atoms with E-state index in [9.17, 15) is 4.79 Å². The molecule has 12 heavy (non-hydrogen) atoms. The number of nitrogens with two attached hydrogens (primary N) is 1. The average Bonchev–Trinajstić information content (AvgIpc) is 2.49. The van der Waals surface area contributed by atoms with Crippen molar-refractivity contribution in [3.05, 3.63) is 22.9 Å². The Kier molecular flexibility index (Phi) is 1.46. The summed E-state index contributed by atoms with van der Waals surface area (Å²) in [7, 11) is 0. The van der Waals surface area contributed by atoms with Crippen molar-refractivity contribution in [3.63, 3.8) is 0 Å². The minimum absolute atomic E-state index is 0.360. The van der Waals surface area contributed by atoms with Crippen molar-refractivity contribution in [1.29, 1.82) is 0 Å². The second-order valence-corrected chi connectivity index (χ2v) is 2.80. The highest BCUT2D eigenvalue weighted by Gasteiger charge is 2.16. The van der Waals surface area contributed by atoms with Gasteiger partial charge in [-0.1, -0.05) is 0 Å². The van der Waals surface area contributed by atoms with Crippen LogP contribution in [0, 0.1) is 0 Å². The molecule has 0 aromatic carbocycles. The predicted octanol–water partition coefficient (Wildman–Crippen LogP) is -0.660. The van der Waals surface area contributed by atoms with Crippen molar-refractivity contribution >= 4 is 12.1 Å². The van der Waals surface area contributed by atoms with Gasteiger partial charge < -0.3 is 11.1 Å². The van der Waals surface area contributed by atoms with Crippen molar-refractivity contribution in [3.8, 4) is 0 Å². The summed E-state index contributed by atoms with van der Waals surface area (Å²) in [6.45, 7) is 1.17. The van der Waals surface area contributed by atoms with Gasteiger partial charge in [0, 0.05) is 18.3 Å². The molecule has 2 aliphatic rings. The van der Waals surface area contributed by atoms with Crippen LogP contribution < -0.4 is 11.1 Å². The molecule has 2 rings (SSSR count). The third kappa shape index (κ3) is 1.01. The minimum atomic E-state index is -0.360. The molecule has 0 saturated heterocycles. The van der Waals surface area contributed by atoms with Gasteiger partial charge in [0.15, 0.2) is 0 Å². The van der Waals surface area contributed by atoms with Crippen LogP contribution in [0.25, 0.3) is 0 Å². The third-order valence-corrected chi connectivity index (χ3v) is 1.96. The topological polar surface area (TPSA) is 67.5 Å². The summed E-state index contributed by atoms with van der Waals surface area (Å²) < 4.78 is 0. The molecular weight excluding hydrogens is 154 g/mol. The number of hydrogen-bond acceptors (Lipinski definition) is 3. The average molecular weight is 163 g/mol. The second kappa shape index (κ2) is 2.48. The monoisotopic (exact) mass is 163 g/mol. The molecular formula is C8H9N3O. The van der Waals surface area contributed by atoms with E-state index in [-0.39, 0.29) is 5.91 Å². The lowest BCUT2D eigenvalue weighted by atomic mass is 10.1. The number of rotatable bonds is 1. The second-order valence-electron chi connectivity index (χ2n) is 2.80. The van der Waals surface area contributed by atoms with Crippen molar-refractivity contribution in [2.24, 2.45) is 10.7 Å². The number of aliphatic imine (C=N–C) groups is 1. The predicted molar refractivity (Wildman–Crippen MR) is 45.7 cm³/mol. The number of allylic oxidation sites excluding steroid dienone is 1. The van der Waals surface area contributed by atoms with E-state index in [0.717, 1.165) is 11.3 Å². The summed E-state index contributed by atoms with van der Waals surface area (Å²) in [5.41, 5.74) is 7.83. The lowest BCUT2D eigenvalue weighted by molar-refractivity contribution is -0.114. The molecule has 0 aliphatic carbocycles. The van der Waals surface area contributed by atoms with Crippen LogP contribution in [0.1, 0.15) is 0 Å². The van der Waals surface area contributed by atoms with Crippen LogP contribution in [0.15, 0.2) is 27.9 Å². The first-order chi connectivity index (χ1) is 5.77. The summed E-state index contributed by atoms with van der Waals surface area (Å²) in [5.74, 6) is -0.360. The lowest BCUT2D eigenvalue weighted by Gasteiger charge is -2.13. The van der Waals surface area contributed by atoms with E-state index in [1.54, 1.807) is 6.21 Å². The fourth-order valence-electron chi connectivity index (χ4n) is 1.30. The van der Waals surface area contributed by atoms with E-state index in [1.165, 1.54) is 0 Å². The molecule has 4 heteroatoms. The Bertz CT molecular complexity index is 325. The SMILES string of the molecule is NC(=O)C1=CC2=C(C=NC2)NC1. The quantitative estimate of drug-likeness (QED) is 0.539. The van der Waals surface area contributed by atoms with Crippen molar-refractivity contribution in [1.82, 2.24) is 5.32 Å². The zero-order valence-electron chi connectivity index (χ0n) is 6.50. The molecule has 0 atom stereocenters. The summed E-state index contributed by atoms with van der Waals surface area (Å²) in [6.07, 6.45) is 3.60. The van der Waals surface area contributed by atoms with E-state index in [0.29, 0.717) is 18.7 Å². The van der Waals surface area contributed by atoms with Crippen LogP contribution in [0.5, 0.6) is 0 Å². The maximum absolute atomic E-state index is 10.8. The Labute approximate surface area is 69.8 Å².